The molecule has 0 bridgehead atoms. The Bertz CT molecular complexity index is 929. The van der Waals surface area contributed by atoms with E-state index < -0.39 is 0 Å². The van der Waals surface area contributed by atoms with Gasteiger partial charge in [0.1, 0.15) is 12.4 Å². The predicted molar refractivity (Wildman–Crippen MR) is 122 cm³/mol. The molecule has 3 rings (SSSR count). The molecule has 30 heavy (non-hydrogen) atoms. The van der Waals surface area contributed by atoms with Crippen molar-refractivity contribution in [3.05, 3.63) is 77.6 Å². The summed E-state index contributed by atoms with van der Waals surface area (Å²) in [7, 11) is 0. The molecule has 0 N–H and O–H groups in total. The Morgan fingerprint density at radius 3 is 2.40 bits per heavy atom. The van der Waals surface area contributed by atoms with Gasteiger partial charge in [0.2, 0.25) is 5.91 Å². The first-order chi connectivity index (χ1) is 14.6. The van der Waals surface area contributed by atoms with Crippen LogP contribution in [0.15, 0.2) is 55.1 Å². The molecule has 0 unspecified atom stereocenters. The monoisotopic (exact) mass is 404 g/mol. The number of pyridine rings is 1. The van der Waals surface area contributed by atoms with E-state index in [1.165, 1.54) is 5.56 Å². The molecular formula is C25H32N4O. The Labute approximate surface area is 179 Å². The molecule has 5 heteroatoms. The predicted octanol–water partition coefficient (Wildman–Crippen LogP) is 5.04. The van der Waals surface area contributed by atoms with Gasteiger partial charge in [-0.05, 0) is 62.8 Å². The van der Waals surface area contributed by atoms with Gasteiger partial charge in [0.15, 0.2) is 0 Å². The Kier molecular flexibility index (Phi) is 7.77. The van der Waals surface area contributed by atoms with Crippen LogP contribution < -0.4 is 4.90 Å². The van der Waals surface area contributed by atoms with Crippen LogP contribution in [0.3, 0.4) is 0 Å². The number of hydrogen-bond donors (Lipinski definition) is 0. The summed E-state index contributed by atoms with van der Waals surface area (Å²) in [4.78, 5) is 23.6. The minimum atomic E-state index is 0.115. The van der Waals surface area contributed by atoms with Gasteiger partial charge >= 0.3 is 0 Å². The van der Waals surface area contributed by atoms with Crippen LogP contribution in [-0.2, 0) is 17.8 Å². The van der Waals surface area contributed by atoms with E-state index in [4.69, 9.17) is 0 Å². The third-order valence-electron chi connectivity index (χ3n) is 5.56. The Morgan fingerprint density at radius 1 is 0.967 bits per heavy atom. The number of amides is 1. The molecule has 2 heterocycles. The van der Waals surface area contributed by atoms with Crippen LogP contribution in [0.2, 0.25) is 0 Å². The van der Waals surface area contributed by atoms with Crippen molar-refractivity contribution in [2.24, 2.45) is 0 Å². The zero-order chi connectivity index (χ0) is 21.3. The van der Waals surface area contributed by atoms with Crippen molar-refractivity contribution in [1.82, 2.24) is 14.5 Å². The molecule has 0 aliphatic carbocycles. The summed E-state index contributed by atoms with van der Waals surface area (Å²) < 4.78 is 1.91. The van der Waals surface area contributed by atoms with Crippen molar-refractivity contribution >= 4 is 11.6 Å². The number of carbonyl (C=O) groups excluding carboxylic acids is 1. The maximum Gasteiger partial charge on any atom is 0.246 e. The van der Waals surface area contributed by atoms with Crippen LogP contribution in [0, 0.1) is 20.8 Å². The van der Waals surface area contributed by atoms with Gasteiger partial charge < -0.3 is 9.47 Å². The number of para-hydroxylation sites is 1. The van der Waals surface area contributed by atoms with Crippen LogP contribution in [0.1, 0.15) is 48.2 Å². The van der Waals surface area contributed by atoms with Gasteiger partial charge in [-0.15, -0.1) is 0 Å². The van der Waals surface area contributed by atoms with E-state index in [1.54, 1.807) is 6.20 Å². The highest BCUT2D eigenvalue weighted by Crippen LogP contribution is 2.26. The number of imidazole rings is 1. The van der Waals surface area contributed by atoms with E-state index in [0.29, 0.717) is 6.54 Å². The SMILES string of the molecule is Cc1cccc(C)c1N(CCCCCCc1cccnc1)C(=O)Cn1ccnc1C. The molecule has 0 atom stereocenters. The number of aryl methyl sites for hydroxylation is 4. The van der Waals surface area contributed by atoms with Gasteiger partial charge in [0, 0.05) is 37.0 Å². The molecule has 3 aromatic rings. The lowest BCUT2D eigenvalue weighted by Crippen LogP contribution is -2.36. The Balaban J connectivity index is 1.60. The number of unbranched alkanes of at least 4 members (excludes halogenated alkanes) is 3. The molecule has 0 radical (unpaired) electrons. The number of carbonyl (C=O) groups is 1. The maximum absolute atomic E-state index is 13.2. The zero-order valence-corrected chi connectivity index (χ0v) is 18.3. The lowest BCUT2D eigenvalue weighted by atomic mass is 10.1. The van der Waals surface area contributed by atoms with Crippen LogP contribution in [0.4, 0.5) is 5.69 Å². The fourth-order valence-electron chi connectivity index (χ4n) is 3.89. The average Bonchev–Trinajstić information content (AvgIpc) is 3.14. The lowest BCUT2D eigenvalue weighted by molar-refractivity contribution is -0.119. The van der Waals surface area contributed by atoms with Gasteiger partial charge in [-0.1, -0.05) is 37.1 Å². The molecule has 2 aromatic heterocycles. The second kappa shape index (κ2) is 10.7. The molecule has 158 valence electrons. The fraction of sp³-hybridized carbons (Fsp3) is 0.400. The first kappa shape index (κ1) is 21.8. The van der Waals surface area contributed by atoms with Crippen molar-refractivity contribution in [3.63, 3.8) is 0 Å². The van der Waals surface area contributed by atoms with E-state index >= 15 is 0 Å². The fourth-order valence-corrected chi connectivity index (χ4v) is 3.89. The van der Waals surface area contributed by atoms with E-state index in [-0.39, 0.29) is 5.91 Å². The standard InChI is InChI=1S/C25H32N4O/c1-20-10-8-11-21(2)25(20)29(24(30)19-28-17-15-27-22(28)3)16-7-5-4-6-12-23-13-9-14-26-18-23/h8-11,13-15,17-18H,4-7,12,16,19H2,1-3H3. The topological polar surface area (TPSA) is 51.0 Å². The van der Waals surface area contributed by atoms with Crippen molar-refractivity contribution < 1.29 is 4.79 Å². The van der Waals surface area contributed by atoms with Crippen molar-refractivity contribution in [2.45, 2.75) is 59.4 Å². The third-order valence-corrected chi connectivity index (χ3v) is 5.56. The molecule has 0 spiro atoms. The minimum absolute atomic E-state index is 0.115. The largest absolute Gasteiger partial charge is 0.326 e. The van der Waals surface area contributed by atoms with E-state index in [9.17, 15) is 4.79 Å². The Morgan fingerprint density at radius 2 is 1.73 bits per heavy atom. The lowest BCUT2D eigenvalue weighted by Gasteiger charge is -2.27. The van der Waals surface area contributed by atoms with Crippen LogP contribution in [-0.4, -0.2) is 27.0 Å². The highest BCUT2D eigenvalue weighted by molar-refractivity contribution is 5.94. The highest BCUT2D eigenvalue weighted by Gasteiger charge is 2.20. The molecule has 1 amide bonds. The molecule has 5 nitrogen and oxygen atoms in total. The molecule has 0 saturated heterocycles. The smallest absolute Gasteiger partial charge is 0.246 e. The van der Waals surface area contributed by atoms with Gasteiger partial charge in [-0.25, -0.2) is 4.98 Å². The minimum Gasteiger partial charge on any atom is -0.326 e. The number of nitrogens with zero attached hydrogens (tertiary/aromatic N) is 4. The van der Waals surface area contributed by atoms with Crippen LogP contribution >= 0.6 is 0 Å². The molecule has 1 aromatic carbocycles. The second-order valence-electron chi connectivity index (χ2n) is 7.91. The third kappa shape index (κ3) is 5.78. The van der Waals surface area contributed by atoms with Gasteiger partial charge in [0.25, 0.3) is 0 Å². The second-order valence-corrected chi connectivity index (χ2v) is 7.91. The Hall–Kier alpha value is -2.95. The molecule has 0 fully saturated rings. The average molecular weight is 405 g/mol. The first-order valence-electron chi connectivity index (χ1n) is 10.8. The number of aromatic nitrogens is 3. The maximum atomic E-state index is 13.2. The van der Waals surface area contributed by atoms with Crippen LogP contribution in [0.5, 0.6) is 0 Å². The summed E-state index contributed by atoms with van der Waals surface area (Å²) in [5.74, 6) is 0.976. The number of hydrogen-bond acceptors (Lipinski definition) is 3. The molecule has 0 aliphatic heterocycles. The number of rotatable bonds is 10. The molecular weight excluding hydrogens is 372 g/mol. The first-order valence-corrected chi connectivity index (χ1v) is 10.8. The van der Waals surface area contributed by atoms with Crippen LogP contribution in [0.25, 0.3) is 0 Å². The highest BCUT2D eigenvalue weighted by atomic mass is 16.2. The summed E-state index contributed by atoms with van der Waals surface area (Å²) >= 11 is 0. The molecule has 0 aliphatic rings. The van der Waals surface area contributed by atoms with E-state index in [1.807, 2.05) is 41.0 Å². The zero-order valence-electron chi connectivity index (χ0n) is 18.3. The summed E-state index contributed by atoms with van der Waals surface area (Å²) in [5, 5.41) is 0. The summed E-state index contributed by atoms with van der Waals surface area (Å²) in [6.45, 7) is 7.16. The van der Waals surface area contributed by atoms with Gasteiger partial charge in [0.05, 0.1) is 0 Å². The summed E-state index contributed by atoms with van der Waals surface area (Å²) in [6.07, 6.45) is 12.8. The van der Waals surface area contributed by atoms with Gasteiger partial charge in [-0.2, -0.15) is 0 Å². The van der Waals surface area contributed by atoms with Crippen molar-refractivity contribution in [3.8, 4) is 0 Å². The van der Waals surface area contributed by atoms with E-state index in [2.05, 4.69) is 48.1 Å². The normalized spacial score (nSPS) is 10.9. The molecule has 0 saturated carbocycles. The summed E-state index contributed by atoms with van der Waals surface area (Å²) in [6, 6.07) is 10.3. The van der Waals surface area contributed by atoms with Crippen molar-refractivity contribution in [2.75, 3.05) is 11.4 Å². The van der Waals surface area contributed by atoms with E-state index in [0.717, 1.165) is 61.3 Å². The van der Waals surface area contributed by atoms with Gasteiger partial charge in [-0.3, -0.25) is 9.78 Å². The quantitative estimate of drug-likeness (QED) is 0.445. The number of anilines is 1. The summed E-state index contributed by atoms with van der Waals surface area (Å²) in [5.41, 5.74) is 4.63. The van der Waals surface area contributed by atoms with Crippen molar-refractivity contribution in [1.29, 1.82) is 0 Å². The number of benzene rings is 1.